The minimum absolute atomic E-state index is 0.100. The second-order valence-electron chi connectivity index (χ2n) is 5.94. The Morgan fingerprint density at radius 3 is 2.39 bits per heavy atom. The van der Waals surface area contributed by atoms with Gasteiger partial charge in [-0.1, -0.05) is 17.7 Å². The lowest BCUT2D eigenvalue weighted by molar-refractivity contribution is -0.120. The van der Waals surface area contributed by atoms with Gasteiger partial charge in [0, 0.05) is 10.7 Å². The monoisotopic (exact) mass is 331 g/mol. The van der Waals surface area contributed by atoms with Crippen LogP contribution >= 0.6 is 11.6 Å². The third-order valence-electron chi connectivity index (χ3n) is 3.93. The number of amides is 1. The molecule has 1 amide bonds. The summed E-state index contributed by atoms with van der Waals surface area (Å²) in [4.78, 5) is 12.7. The van der Waals surface area contributed by atoms with Crippen LogP contribution in [0.3, 0.4) is 0 Å². The molecule has 2 aromatic carbocycles. The summed E-state index contributed by atoms with van der Waals surface area (Å²) in [6, 6.07) is 12.7. The summed E-state index contributed by atoms with van der Waals surface area (Å²) in [7, 11) is 0. The van der Waals surface area contributed by atoms with Crippen molar-refractivity contribution in [2.24, 2.45) is 0 Å². The molecule has 1 aliphatic heterocycles. The number of halogens is 1. The summed E-state index contributed by atoms with van der Waals surface area (Å²) >= 11 is 5.86. The molecule has 1 N–H and O–H groups in total. The van der Waals surface area contributed by atoms with Gasteiger partial charge in [0.15, 0.2) is 11.5 Å². The van der Waals surface area contributed by atoms with Crippen LogP contribution in [0, 0.1) is 0 Å². The lowest BCUT2D eigenvalue weighted by Crippen LogP contribution is -2.34. The van der Waals surface area contributed by atoms with Crippen molar-refractivity contribution in [3.8, 4) is 11.5 Å². The molecule has 0 unspecified atom stereocenters. The molecule has 0 bridgehead atoms. The molecule has 0 aliphatic carbocycles. The normalized spacial score (nSPS) is 13.5. The second-order valence-corrected chi connectivity index (χ2v) is 6.38. The maximum atomic E-state index is 12.7. The lowest BCUT2D eigenvalue weighted by atomic mass is 9.83. The van der Waals surface area contributed by atoms with Crippen LogP contribution in [0.4, 0.5) is 5.69 Å². The van der Waals surface area contributed by atoms with Crippen LogP contribution in [-0.2, 0) is 10.2 Å². The van der Waals surface area contributed by atoms with Gasteiger partial charge >= 0.3 is 0 Å². The van der Waals surface area contributed by atoms with E-state index in [1.54, 1.807) is 24.3 Å². The van der Waals surface area contributed by atoms with Crippen molar-refractivity contribution in [3.63, 3.8) is 0 Å². The van der Waals surface area contributed by atoms with Gasteiger partial charge in [-0.2, -0.15) is 0 Å². The number of fused-ring (bicyclic) bond motifs is 1. The highest BCUT2D eigenvalue weighted by Gasteiger charge is 2.31. The Labute approximate surface area is 140 Å². The van der Waals surface area contributed by atoms with Crippen LogP contribution in [0.25, 0.3) is 0 Å². The summed E-state index contributed by atoms with van der Waals surface area (Å²) in [6.07, 6.45) is 0. The van der Waals surface area contributed by atoms with Gasteiger partial charge in [-0.05, 0) is 55.8 Å². The van der Waals surface area contributed by atoms with Crippen molar-refractivity contribution in [2.45, 2.75) is 19.3 Å². The standard InChI is InChI=1S/C18H18ClNO3/c1-18(2,17(21)20-14-6-4-13(19)5-7-14)12-3-8-15-16(11-12)23-10-9-22-15/h3-8,11H,9-10H2,1-2H3,(H,20,21). The van der Waals surface area contributed by atoms with Crippen molar-refractivity contribution in [3.05, 3.63) is 53.1 Å². The number of nitrogens with one attached hydrogen (secondary N) is 1. The molecule has 0 atom stereocenters. The van der Waals surface area contributed by atoms with E-state index in [1.165, 1.54) is 0 Å². The van der Waals surface area contributed by atoms with Gasteiger partial charge in [-0.25, -0.2) is 0 Å². The van der Waals surface area contributed by atoms with E-state index in [2.05, 4.69) is 5.32 Å². The molecule has 3 rings (SSSR count). The summed E-state index contributed by atoms with van der Waals surface area (Å²) in [5, 5.41) is 3.55. The topological polar surface area (TPSA) is 47.6 Å². The third-order valence-corrected chi connectivity index (χ3v) is 4.19. The summed E-state index contributed by atoms with van der Waals surface area (Å²) in [5.74, 6) is 1.30. The molecule has 23 heavy (non-hydrogen) atoms. The number of ether oxygens (including phenoxy) is 2. The quantitative estimate of drug-likeness (QED) is 0.923. The largest absolute Gasteiger partial charge is 0.486 e. The highest BCUT2D eigenvalue weighted by atomic mass is 35.5. The van der Waals surface area contributed by atoms with Crippen LogP contribution in [0.5, 0.6) is 11.5 Å². The minimum Gasteiger partial charge on any atom is -0.486 e. The zero-order valence-corrected chi connectivity index (χ0v) is 13.8. The Morgan fingerprint density at radius 1 is 1.04 bits per heavy atom. The molecule has 1 heterocycles. The first-order chi connectivity index (χ1) is 11.0. The van der Waals surface area contributed by atoms with E-state index >= 15 is 0 Å². The number of anilines is 1. The molecule has 0 radical (unpaired) electrons. The number of hydrogen-bond acceptors (Lipinski definition) is 3. The zero-order valence-electron chi connectivity index (χ0n) is 13.1. The van der Waals surface area contributed by atoms with Gasteiger partial charge < -0.3 is 14.8 Å². The molecular formula is C18H18ClNO3. The molecule has 120 valence electrons. The van der Waals surface area contributed by atoms with Crippen LogP contribution in [0.2, 0.25) is 5.02 Å². The summed E-state index contributed by atoms with van der Waals surface area (Å²) < 4.78 is 11.1. The highest BCUT2D eigenvalue weighted by Crippen LogP contribution is 2.35. The molecule has 4 nitrogen and oxygen atoms in total. The summed E-state index contributed by atoms with van der Waals surface area (Å²) in [6.45, 7) is 4.83. The molecule has 0 fully saturated rings. The second kappa shape index (κ2) is 6.13. The smallest absolute Gasteiger partial charge is 0.234 e. The summed E-state index contributed by atoms with van der Waals surface area (Å²) in [5.41, 5.74) is 0.869. The number of carbonyl (C=O) groups excluding carboxylic acids is 1. The Bertz CT molecular complexity index is 726. The maximum Gasteiger partial charge on any atom is 0.234 e. The fourth-order valence-electron chi connectivity index (χ4n) is 2.38. The van der Waals surface area contributed by atoms with Crippen molar-refractivity contribution >= 4 is 23.2 Å². The van der Waals surface area contributed by atoms with Crippen molar-refractivity contribution in [1.82, 2.24) is 0 Å². The Balaban J connectivity index is 1.82. The maximum absolute atomic E-state index is 12.7. The Kier molecular flexibility index (Phi) is 4.18. The fourth-order valence-corrected chi connectivity index (χ4v) is 2.51. The van der Waals surface area contributed by atoms with Crippen LogP contribution in [-0.4, -0.2) is 19.1 Å². The van der Waals surface area contributed by atoms with Crippen LogP contribution in [0.15, 0.2) is 42.5 Å². The first-order valence-corrected chi connectivity index (χ1v) is 7.82. The number of carbonyl (C=O) groups is 1. The SMILES string of the molecule is CC(C)(C(=O)Nc1ccc(Cl)cc1)c1ccc2c(c1)OCCO2. The van der Waals surface area contributed by atoms with Crippen molar-refractivity contribution in [1.29, 1.82) is 0 Å². The molecule has 5 heteroatoms. The van der Waals surface area contributed by atoms with Crippen LogP contribution < -0.4 is 14.8 Å². The van der Waals surface area contributed by atoms with Gasteiger partial charge in [0.2, 0.25) is 5.91 Å². The number of benzene rings is 2. The van der Waals surface area contributed by atoms with E-state index in [0.29, 0.717) is 35.4 Å². The lowest BCUT2D eigenvalue weighted by Gasteiger charge is -2.26. The number of hydrogen-bond donors (Lipinski definition) is 1. The van der Waals surface area contributed by atoms with Gasteiger partial charge in [-0.3, -0.25) is 4.79 Å². The highest BCUT2D eigenvalue weighted by molar-refractivity contribution is 6.30. The van der Waals surface area contributed by atoms with E-state index < -0.39 is 5.41 Å². The fraction of sp³-hybridized carbons (Fsp3) is 0.278. The first kappa shape index (κ1) is 15.7. The van der Waals surface area contributed by atoms with Gasteiger partial charge in [0.1, 0.15) is 13.2 Å². The average Bonchev–Trinajstić information content (AvgIpc) is 2.56. The Morgan fingerprint density at radius 2 is 1.70 bits per heavy atom. The van der Waals surface area contributed by atoms with Gasteiger partial charge in [-0.15, -0.1) is 0 Å². The molecular weight excluding hydrogens is 314 g/mol. The van der Waals surface area contributed by atoms with Crippen molar-refractivity contribution < 1.29 is 14.3 Å². The van der Waals surface area contributed by atoms with Crippen molar-refractivity contribution in [2.75, 3.05) is 18.5 Å². The zero-order chi connectivity index (χ0) is 16.4. The minimum atomic E-state index is -0.713. The molecule has 0 aromatic heterocycles. The van der Waals surface area contributed by atoms with E-state index in [-0.39, 0.29) is 5.91 Å². The predicted molar refractivity (Wildman–Crippen MR) is 90.5 cm³/mol. The molecule has 1 aliphatic rings. The molecule has 2 aromatic rings. The Hall–Kier alpha value is -2.20. The average molecular weight is 332 g/mol. The van der Waals surface area contributed by atoms with Gasteiger partial charge in [0.25, 0.3) is 0 Å². The van der Waals surface area contributed by atoms with E-state index in [4.69, 9.17) is 21.1 Å². The molecule has 0 saturated heterocycles. The van der Waals surface area contributed by atoms with E-state index in [0.717, 1.165) is 5.56 Å². The molecule has 0 spiro atoms. The molecule has 0 saturated carbocycles. The van der Waals surface area contributed by atoms with E-state index in [9.17, 15) is 4.79 Å². The predicted octanol–water partition coefficient (Wildman–Crippen LogP) is 4.03. The van der Waals surface area contributed by atoms with Gasteiger partial charge in [0.05, 0.1) is 5.41 Å². The first-order valence-electron chi connectivity index (χ1n) is 7.44. The van der Waals surface area contributed by atoms with E-state index in [1.807, 2.05) is 32.0 Å². The number of rotatable bonds is 3. The third kappa shape index (κ3) is 3.27. The van der Waals surface area contributed by atoms with Crippen LogP contribution in [0.1, 0.15) is 19.4 Å².